The van der Waals surface area contributed by atoms with Gasteiger partial charge in [0.15, 0.2) is 0 Å². The molecule has 2 N–H and O–H groups in total. The van der Waals surface area contributed by atoms with E-state index >= 15 is 0 Å². The number of carboxylic acid groups (broad SMARTS) is 1. The van der Waals surface area contributed by atoms with E-state index in [1.165, 1.54) is 24.8 Å². The summed E-state index contributed by atoms with van der Waals surface area (Å²) in [6.07, 6.45) is 5.47. The Bertz CT molecular complexity index is 1100. The predicted molar refractivity (Wildman–Crippen MR) is 115 cm³/mol. The van der Waals surface area contributed by atoms with E-state index in [0.717, 1.165) is 40.8 Å². The SMILES string of the molecule is Cc1cc(C2CCCC2C2NN=C3c4ccc(C(=O)O)cc4CCC32)ccc1C#N. The minimum Gasteiger partial charge on any atom is -0.478 e. The molecule has 1 heterocycles. The quantitative estimate of drug-likeness (QED) is 0.802. The molecular formula is C25H25N3O2. The number of aromatic carboxylic acids is 1. The van der Waals surface area contributed by atoms with Crippen LogP contribution in [0.2, 0.25) is 0 Å². The zero-order chi connectivity index (χ0) is 20.8. The third kappa shape index (κ3) is 2.99. The first-order chi connectivity index (χ1) is 14.6. The molecule has 1 aliphatic heterocycles. The third-order valence-electron chi connectivity index (χ3n) is 7.30. The molecule has 0 spiro atoms. The van der Waals surface area contributed by atoms with Crippen molar-refractivity contribution in [1.82, 2.24) is 5.43 Å². The Morgan fingerprint density at radius 3 is 2.80 bits per heavy atom. The highest BCUT2D eigenvalue weighted by atomic mass is 16.4. The van der Waals surface area contributed by atoms with E-state index in [1.54, 1.807) is 6.07 Å². The van der Waals surface area contributed by atoms with E-state index < -0.39 is 5.97 Å². The number of rotatable bonds is 3. The summed E-state index contributed by atoms with van der Waals surface area (Å²) in [4.78, 5) is 11.3. The monoisotopic (exact) mass is 399 g/mol. The van der Waals surface area contributed by atoms with E-state index in [2.05, 4.69) is 23.6 Å². The first-order valence-electron chi connectivity index (χ1n) is 10.8. The van der Waals surface area contributed by atoms with Gasteiger partial charge in [-0.2, -0.15) is 10.4 Å². The van der Waals surface area contributed by atoms with Gasteiger partial charge >= 0.3 is 5.97 Å². The molecule has 5 nitrogen and oxygen atoms in total. The number of carbonyl (C=O) groups is 1. The second-order valence-corrected chi connectivity index (χ2v) is 8.86. The van der Waals surface area contributed by atoms with Gasteiger partial charge in [0.1, 0.15) is 0 Å². The van der Waals surface area contributed by atoms with Gasteiger partial charge in [0.25, 0.3) is 0 Å². The molecule has 0 amide bonds. The second-order valence-electron chi connectivity index (χ2n) is 8.86. The van der Waals surface area contributed by atoms with Gasteiger partial charge in [-0.25, -0.2) is 4.79 Å². The summed E-state index contributed by atoms with van der Waals surface area (Å²) >= 11 is 0. The van der Waals surface area contributed by atoms with Crippen LogP contribution >= 0.6 is 0 Å². The third-order valence-corrected chi connectivity index (χ3v) is 7.30. The van der Waals surface area contributed by atoms with Crippen LogP contribution in [0, 0.1) is 30.1 Å². The topological polar surface area (TPSA) is 85.5 Å². The number of nitriles is 1. The van der Waals surface area contributed by atoms with E-state index in [4.69, 9.17) is 5.10 Å². The molecule has 0 saturated heterocycles. The summed E-state index contributed by atoms with van der Waals surface area (Å²) < 4.78 is 0. The summed E-state index contributed by atoms with van der Waals surface area (Å²) in [7, 11) is 0. The van der Waals surface area contributed by atoms with Crippen LogP contribution < -0.4 is 5.43 Å². The van der Waals surface area contributed by atoms with Gasteiger partial charge in [0.2, 0.25) is 0 Å². The number of hydrogen-bond donors (Lipinski definition) is 2. The van der Waals surface area contributed by atoms with E-state index in [1.807, 2.05) is 25.1 Å². The van der Waals surface area contributed by atoms with Crippen LogP contribution in [0.5, 0.6) is 0 Å². The maximum absolute atomic E-state index is 11.3. The standard InChI is InChI=1S/C25H25N3O2/c1-14-11-15(5-6-18(14)13-26)19-3-2-4-21(19)24-22-10-7-16-12-17(25(29)30)8-9-20(16)23(22)27-28-24/h5-6,8-9,11-12,19,21-22,24,28H,2-4,7,10H2,1H3,(H,29,30). The van der Waals surface area contributed by atoms with Crippen molar-refractivity contribution in [1.29, 1.82) is 5.26 Å². The summed E-state index contributed by atoms with van der Waals surface area (Å²) in [5, 5.41) is 23.3. The first-order valence-corrected chi connectivity index (χ1v) is 10.8. The van der Waals surface area contributed by atoms with Crippen molar-refractivity contribution in [2.24, 2.45) is 16.9 Å². The molecule has 152 valence electrons. The Labute approximate surface area is 176 Å². The van der Waals surface area contributed by atoms with Gasteiger partial charge in [-0.05, 0) is 79.3 Å². The predicted octanol–water partition coefficient (Wildman–Crippen LogP) is 4.39. The largest absolute Gasteiger partial charge is 0.478 e. The molecule has 3 aliphatic rings. The molecule has 5 heteroatoms. The van der Waals surface area contributed by atoms with Crippen LogP contribution in [0.1, 0.15) is 69.8 Å². The highest BCUT2D eigenvalue weighted by molar-refractivity contribution is 6.06. The van der Waals surface area contributed by atoms with E-state index in [-0.39, 0.29) is 0 Å². The molecule has 30 heavy (non-hydrogen) atoms. The first kappa shape index (κ1) is 18.9. The van der Waals surface area contributed by atoms with Crippen molar-refractivity contribution >= 4 is 11.7 Å². The van der Waals surface area contributed by atoms with Gasteiger partial charge in [-0.1, -0.05) is 24.6 Å². The number of fused-ring (bicyclic) bond motifs is 3. The minimum atomic E-state index is -0.879. The number of hydrazone groups is 1. The van der Waals surface area contributed by atoms with Crippen LogP contribution in [-0.2, 0) is 6.42 Å². The molecule has 0 aromatic heterocycles. The van der Waals surface area contributed by atoms with E-state index in [9.17, 15) is 15.2 Å². The lowest BCUT2D eigenvalue weighted by molar-refractivity contribution is 0.0696. The summed E-state index contributed by atoms with van der Waals surface area (Å²) in [6, 6.07) is 14.3. The fourth-order valence-electron chi connectivity index (χ4n) is 5.83. The molecule has 2 aromatic carbocycles. The average Bonchev–Trinajstić information content (AvgIpc) is 3.40. The normalized spacial score (nSPS) is 26.9. The van der Waals surface area contributed by atoms with Gasteiger partial charge in [-0.3, -0.25) is 0 Å². The lowest BCUT2D eigenvalue weighted by Crippen LogP contribution is -2.40. The zero-order valence-electron chi connectivity index (χ0n) is 17.1. The van der Waals surface area contributed by atoms with Crippen LogP contribution in [-0.4, -0.2) is 22.8 Å². The van der Waals surface area contributed by atoms with Gasteiger partial charge in [0.05, 0.1) is 28.9 Å². The highest BCUT2D eigenvalue weighted by Gasteiger charge is 2.44. The van der Waals surface area contributed by atoms with Crippen LogP contribution in [0.15, 0.2) is 41.5 Å². The lowest BCUT2D eigenvalue weighted by Gasteiger charge is -2.33. The molecule has 0 radical (unpaired) electrons. The van der Waals surface area contributed by atoms with Crippen LogP contribution in [0.3, 0.4) is 0 Å². The van der Waals surface area contributed by atoms with Crippen molar-refractivity contribution in [2.75, 3.05) is 0 Å². The van der Waals surface area contributed by atoms with Crippen LogP contribution in [0.4, 0.5) is 0 Å². The van der Waals surface area contributed by atoms with Gasteiger partial charge in [0, 0.05) is 11.5 Å². The number of benzene rings is 2. The summed E-state index contributed by atoms with van der Waals surface area (Å²) in [6.45, 7) is 2.02. The minimum absolute atomic E-state index is 0.316. The molecule has 5 rings (SSSR count). The van der Waals surface area contributed by atoms with Crippen molar-refractivity contribution in [2.45, 2.75) is 51.0 Å². The number of nitrogens with zero attached hydrogens (tertiary/aromatic N) is 2. The van der Waals surface area contributed by atoms with Crippen molar-refractivity contribution < 1.29 is 9.90 Å². The fourth-order valence-corrected chi connectivity index (χ4v) is 5.83. The van der Waals surface area contributed by atoms with E-state index in [0.29, 0.717) is 29.4 Å². The van der Waals surface area contributed by atoms with Crippen molar-refractivity contribution in [3.8, 4) is 6.07 Å². The van der Waals surface area contributed by atoms with Crippen molar-refractivity contribution in [3.05, 3.63) is 69.8 Å². The number of carboxylic acids is 1. The maximum atomic E-state index is 11.3. The highest BCUT2D eigenvalue weighted by Crippen LogP contribution is 2.46. The Morgan fingerprint density at radius 2 is 2.03 bits per heavy atom. The summed E-state index contributed by atoms with van der Waals surface area (Å²) in [5.74, 6) is 0.497. The zero-order valence-corrected chi connectivity index (χ0v) is 17.1. The molecule has 4 unspecified atom stereocenters. The fraction of sp³-hybridized carbons (Fsp3) is 0.400. The molecule has 1 fully saturated rings. The molecular weight excluding hydrogens is 374 g/mol. The maximum Gasteiger partial charge on any atom is 0.335 e. The van der Waals surface area contributed by atoms with Gasteiger partial charge < -0.3 is 10.5 Å². The average molecular weight is 399 g/mol. The Hall–Kier alpha value is -3.13. The van der Waals surface area contributed by atoms with Crippen molar-refractivity contribution in [3.63, 3.8) is 0 Å². The second kappa shape index (κ2) is 7.28. The number of hydrogen-bond acceptors (Lipinski definition) is 4. The molecule has 1 saturated carbocycles. The molecule has 4 atom stereocenters. The molecule has 2 aromatic rings. The number of aryl methyl sites for hydroxylation is 2. The summed E-state index contributed by atoms with van der Waals surface area (Å²) in [5.41, 5.74) is 10.3. The van der Waals surface area contributed by atoms with Gasteiger partial charge in [-0.15, -0.1) is 0 Å². The lowest BCUT2D eigenvalue weighted by atomic mass is 9.72. The Kier molecular flexibility index (Phi) is 4.58. The molecule has 0 bridgehead atoms. The smallest absolute Gasteiger partial charge is 0.335 e. The number of nitrogens with one attached hydrogen (secondary N) is 1. The molecule has 2 aliphatic carbocycles. The Morgan fingerprint density at radius 1 is 1.17 bits per heavy atom. The Balaban J connectivity index is 1.41. The van der Waals surface area contributed by atoms with Crippen LogP contribution in [0.25, 0.3) is 0 Å².